The van der Waals surface area contributed by atoms with Crippen LogP contribution in [0.25, 0.3) is 22.4 Å². The van der Waals surface area contributed by atoms with E-state index in [1.54, 1.807) is 14.0 Å². The number of carbonyl (C=O) groups excluding carboxylic acids is 1. The standard InChI is InChI=1S/C20H20F3N3O4/c1-12-17-14(18(27)24-7-8-29-10-9-28-2)11-16(25-19(17)30-26-12)13-5-3-4-6-15(13)20(21,22)23/h3-6,11H,7-10H2,1-2H3,(H,24,27). The Kier molecular flexibility index (Phi) is 6.68. The normalized spacial score (nSPS) is 11.8. The number of carbonyl (C=O) groups is 1. The highest BCUT2D eigenvalue weighted by molar-refractivity contribution is 6.07. The smallest absolute Gasteiger partial charge is 0.382 e. The molecule has 3 aromatic rings. The second-order valence-corrected chi connectivity index (χ2v) is 6.41. The molecular formula is C20H20F3N3O4. The third-order valence-corrected chi connectivity index (χ3v) is 4.33. The van der Waals surface area contributed by atoms with Gasteiger partial charge in [0.15, 0.2) is 0 Å². The molecule has 0 atom stereocenters. The van der Waals surface area contributed by atoms with Crippen molar-refractivity contribution in [3.05, 3.63) is 47.2 Å². The lowest BCUT2D eigenvalue weighted by Crippen LogP contribution is -2.28. The van der Waals surface area contributed by atoms with E-state index in [4.69, 9.17) is 14.0 Å². The van der Waals surface area contributed by atoms with E-state index in [9.17, 15) is 18.0 Å². The number of aromatic nitrogens is 2. The Balaban J connectivity index is 1.94. The maximum atomic E-state index is 13.4. The fourth-order valence-corrected chi connectivity index (χ4v) is 2.94. The van der Waals surface area contributed by atoms with Crippen LogP contribution in [-0.4, -0.2) is 49.5 Å². The molecule has 10 heteroatoms. The second-order valence-electron chi connectivity index (χ2n) is 6.41. The Morgan fingerprint density at radius 2 is 1.97 bits per heavy atom. The molecule has 0 fully saturated rings. The van der Waals surface area contributed by atoms with Gasteiger partial charge in [-0.05, 0) is 19.1 Å². The van der Waals surface area contributed by atoms with Crippen LogP contribution in [0.2, 0.25) is 0 Å². The van der Waals surface area contributed by atoms with Crippen molar-refractivity contribution in [1.82, 2.24) is 15.5 Å². The number of hydrogen-bond acceptors (Lipinski definition) is 6. The van der Waals surface area contributed by atoms with E-state index in [0.29, 0.717) is 24.3 Å². The number of methoxy groups -OCH3 is 1. The van der Waals surface area contributed by atoms with E-state index >= 15 is 0 Å². The molecule has 0 unspecified atom stereocenters. The van der Waals surface area contributed by atoms with E-state index in [1.807, 2.05) is 0 Å². The number of aryl methyl sites for hydroxylation is 1. The van der Waals surface area contributed by atoms with Crippen LogP contribution < -0.4 is 5.32 Å². The molecule has 30 heavy (non-hydrogen) atoms. The molecule has 1 amide bonds. The van der Waals surface area contributed by atoms with Gasteiger partial charge in [0.1, 0.15) is 0 Å². The van der Waals surface area contributed by atoms with Gasteiger partial charge in [-0.2, -0.15) is 13.2 Å². The molecule has 2 aromatic heterocycles. The minimum Gasteiger partial charge on any atom is -0.382 e. The molecule has 7 nitrogen and oxygen atoms in total. The Labute approximate surface area is 170 Å². The fourth-order valence-electron chi connectivity index (χ4n) is 2.94. The third-order valence-electron chi connectivity index (χ3n) is 4.33. The number of ether oxygens (including phenoxy) is 2. The van der Waals surface area contributed by atoms with Crippen molar-refractivity contribution in [1.29, 1.82) is 0 Å². The lowest BCUT2D eigenvalue weighted by molar-refractivity contribution is -0.137. The summed E-state index contributed by atoms with van der Waals surface area (Å²) in [5.41, 5.74) is -0.516. The molecule has 0 spiro atoms. The third kappa shape index (κ3) is 4.77. The molecule has 0 saturated heterocycles. The summed E-state index contributed by atoms with van der Waals surface area (Å²) in [6.07, 6.45) is -4.58. The first-order valence-corrected chi connectivity index (χ1v) is 9.11. The van der Waals surface area contributed by atoms with Crippen LogP contribution in [-0.2, 0) is 15.7 Å². The lowest BCUT2D eigenvalue weighted by atomic mass is 10.0. The Morgan fingerprint density at radius 1 is 1.20 bits per heavy atom. The first kappa shape index (κ1) is 21.7. The van der Waals surface area contributed by atoms with Gasteiger partial charge < -0.3 is 19.3 Å². The number of nitrogens with one attached hydrogen (secondary N) is 1. The van der Waals surface area contributed by atoms with Crippen molar-refractivity contribution in [3.8, 4) is 11.3 Å². The number of amides is 1. The quantitative estimate of drug-likeness (QED) is 0.557. The van der Waals surface area contributed by atoms with Crippen LogP contribution in [0, 0.1) is 6.92 Å². The number of nitrogens with zero attached hydrogens (tertiary/aromatic N) is 2. The van der Waals surface area contributed by atoms with Gasteiger partial charge in [-0.1, -0.05) is 23.4 Å². The summed E-state index contributed by atoms with van der Waals surface area (Å²) >= 11 is 0. The predicted molar refractivity (Wildman–Crippen MR) is 102 cm³/mol. The number of rotatable bonds is 8. The van der Waals surface area contributed by atoms with Crippen molar-refractivity contribution in [3.63, 3.8) is 0 Å². The average molecular weight is 423 g/mol. The molecule has 0 saturated carbocycles. The van der Waals surface area contributed by atoms with E-state index in [1.165, 1.54) is 24.3 Å². The molecule has 3 rings (SSSR count). The van der Waals surface area contributed by atoms with E-state index < -0.39 is 17.6 Å². The van der Waals surface area contributed by atoms with Crippen LogP contribution in [0.3, 0.4) is 0 Å². The Morgan fingerprint density at radius 3 is 2.70 bits per heavy atom. The van der Waals surface area contributed by atoms with Crippen molar-refractivity contribution < 1.29 is 32.0 Å². The monoisotopic (exact) mass is 423 g/mol. The first-order chi connectivity index (χ1) is 14.3. The van der Waals surface area contributed by atoms with E-state index in [2.05, 4.69) is 15.5 Å². The van der Waals surface area contributed by atoms with E-state index in [0.717, 1.165) is 6.07 Å². The summed E-state index contributed by atoms with van der Waals surface area (Å²) < 4.78 is 55.6. The highest BCUT2D eigenvalue weighted by atomic mass is 19.4. The number of alkyl halides is 3. The molecular weight excluding hydrogens is 403 g/mol. The SMILES string of the molecule is COCCOCCNC(=O)c1cc(-c2ccccc2C(F)(F)F)nc2onc(C)c12. The topological polar surface area (TPSA) is 86.5 Å². The van der Waals surface area contributed by atoms with Crippen molar-refractivity contribution >= 4 is 17.0 Å². The molecule has 0 bridgehead atoms. The number of halogens is 3. The minimum atomic E-state index is -4.58. The Hall–Kier alpha value is -2.98. The van der Waals surface area contributed by atoms with Gasteiger partial charge in [0.05, 0.1) is 47.7 Å². The van der Waals surface area contributed by atoms with Crippen LogP contribution in [0.1, 0.15) is 21.6 Å². The highest BCUT2D eigenvalue weighted by Gasteiger charge is 2.34. The minimum absolute atomic E-state index is 0.0107. The zero-order valence-corrected chi connectivity index (χ0v) is 16.4. The fraction of sp³-hybridized carbons (Fsp3) is 0.350. The van der Waals surface area contributed by atoms with Gasteiger partial charge in [0, 0.05) is 19.2 Å². The van der Waals surface area contributed by atoms with Crippen molar-refractivity contribution in [2.75, 3.05) is 33.5 Å². The zero-order valence-electron chi connectivity index (χ0n) is 16.4. The van der Waals surface area contributed by atoms with Crippen LogP contribution >= 0.6 is 0 Å². The predicted octanol–water partition coefficient (Wildman–Crippen LogP) is 3.61. The summed E-state index contributed by atoms with van der Waals surface area (Å²) in [7, 11) is 1.55. The number of fused-ring (bicyclic) bond motifs is 1. The molecule has 160 valence electrons. The molecule has 0 aliphatic heterocycles. The maximum absolute atomic E-state index is 13.4. The lowest BCUT2D eigenvalue weighted by Gasteiger charge is -2.13. The number of pyridine rings is 1. The summed E-state index contributed by atoms with van der Waals surface area (Å²) in [5.74, 6) is -0.491. The van der Waals surface area contributed by atoms with Crippen molar-refractivity contribution in [2.24, 2.45) is 0 Å². The van der Waals surface area contributed by atoms with Crippen LogP contribution in [0.5, 0.6) is 0 Å². The molecule has 0 aliphatic rings. The first-order valence-electron chi connectivity index (χ1n) is 9.11. The van der Waals surface area contributed by atoms with Gasteiger partial charge in [-0.15, -0.1) is 0 Å². The second kappa shape index (κ2) is 9.23. The number of hydrogen-bond donors (Lipinski definition) is 1. The number of benzene rings is 1. The van der Waals surface area contributed by atoms with Gasteiger partial charge >= 0.3 is 6.18 Å². The largest absolute Gasteiger partial charge is 0.417 e. The Bertz CT molecular complexity index is 1030. The highest BCUT2D eigenvalue weighted by Crippen LogP contribution is 2.37. The van der Waals surface area contributed by atoms with Gasteiger partial charge in [0.2, 0.25) is 0 Å². The summed E-state index contributed by atoms with van der Waals surface area (Å²) in [4.78, 5) is 16.9. The van der Waals surface area contributed by atoms with Gasteiger partial charge in [0.25, 0.3) is 11.6 Å². The summed E-state index contributed by atoms with van der Waals surface area (Å²) in [5, 5.41) is 6.83. The van der Waals surface area contributed by atoms with Crippen LogP contribution in [0.4, 0.5) is 13.2 Å². The molecule has 0 aliphatic carbocycles. The van der Waals surface area contributed by atoms with E-state index in [-0.39, 0.29) is 35.7 Å². The average Bonchev–Trinajstić information content (AvgIpc) is 3.10. The maximum Gasteiger partial charge on any atom is 0.417 e. The molecule has 1 aromatic carbocycles. The van der Waals surface area contributed by atoms with Gasteiger partial charge in [-0.3, -0.25) is 4.79 Å². The molecule has 1 N–H and O–H groups in total. The summed E-state index contributed by atoms with van der Waals surface area (Å²) in [6.45, 7) is 2.91. The zero-order chi connectivity index (χ0) is 21.7. The van der Waals surface area contributed by atoms with Crippen LogP contribution in [0.15, 0.2) is 34.9 Å². The van der Waals surface area contributed by atoms with Crippen molar-refractivity contribution in [2.45, 2.75) is 13.1 Å². The molecule has 0 radical (unpaired) electrons. The summed E-state index contributed by atoms with van der Waals surface area (Å²) in [6, 6.07) is 6.34. The van der Waals surface area contributed by atoms with Gasteiger partial charge in [-0.25, -0.2) is 4.98 Å². The molecule has 2 heterocycles.